The summed E-state index contributed by atoms with van der Waals surface area (Å²) in [6.07, 6.45) is 0. The third-order valence-electron chi connectivity index (χ3n) is 2.56. The van der Waals surface area contributed by atoms with Crippen LogP contribution < -0.4 is 5.73 Å². The van der Waals surface area contributed by atoms with Crippen LogP contribution in [0.3, 0.4) is 0 Å². The summed E-state index contributed by atoms with van der Waals surface area (Å²) in [5.41, 5.74) is 5.63. The molecule has 0 rings (SSSR count). The molecule has 0 saturated carbocycles. The van der Waals surface area contributed by atoms with Crippen LogP contribution in [0.4, 0.5) is 0 Å². The fraction of sp³-hybridized carbons (Fsp3) is 1.00. The molecule has 0 bridgehead atoms. The Bertz CT molecular complexity index is 145. The van der Waals surface area contributed by atoms with Gasteiger partial charge in [0.2, 0.25) is 0 Å². The van der Waals surface area contributed by atoms with E-state index >= 15 is 0 Å². The maximum Gasteiger partial charge on any atom is 0.0615 e. The Morgan fingerprint density at radius 3 is 2.33 bits per heavy atom. The van der Waals surface area contributed by atoms with Crippen LogP contribution in [-0.2, 0) is 9.47 Å². The van der Waals surface area contributed by atoms with Crippen LogP contribution in [0.15, 0.2) is 0 Å². The predicted molar refractivity (Wildman–Crippen MR) is 63.0 cm³/mol. The first-order valence-corrected chi connectivity index (χ1v) is 5.57. The van der Waals surface area contributed by atoms with E-state index in [9.17, 15) is 0 Å². The van der Waals surface area contributed by atoms with E-state index in [1.165, 1.54) is 0 Å². The number of rotatable bonds is 9. The molecular weight excluding hydrogens is 192 g/mol. The number of nitrogens with zero attached hydrogens (tertiary/aromatic N) is 1. The molecule has 4 nitrogen and oxygen atoms in total. The smallest absolute Gasteiger partial charge is 0.0615 e. The van der Waals surface area contributed by atoms with Crippen molar-refractivity contribution in [2.24, 2.45) is 11.7 Å². The van der Waals surface area contributed by atoms with Gasteiger partial charge in [-0.05, 0) is 19.4 Å². The molecule has 0 radical (unpaired) electrons. The highest BCUT2D eigenvalue weighted by molar-refractivity contribution is 4.69. The lowest BCUT2D eigenvalue weighted by molar-refractivity contribution is 0.0672. The third kappa shape index (κ3) is 6.84. The summed E-state index contributed by atoms with van der Waals surface area (Å²) in [4.78, 5) is 2.37. The molecule has 15 heavy (non-hydrogen) atoms. The second-order valence-electron chi connectivity index (χ2n) is 4.13. The van der Waals surface area contributed by atoms with E-state index in [1.54, 1.807) is 14.2 Å². The summed E-state index contributed by atoms with van der Waals surface area (Å²) in [5.74, 6) is 0.515. The third-order valence-corrected chi connectivity index (χ3v) is 2.56. The lowest BCUT2D eigenvalue weighted by Crippen LogP contribution is -2.42. The first kappa shape index (κ1) is 14.8. The molecule has 0 fully saturated rings. The second kappa shape index (κ2) is 9.09. The van der Waals surface area contributed by atoms with Gasteiger partial charge in [-0.1, -0.05) is 6.92 Å². The molecule has 0 aliphatic carbocycles. The van der Waals surface area contributed by atoms with E-state index in [2.05, 4.69) is 18.7 Å². The summed E-state index contributed by atoms with van der Waals surface area (Å²) in [6.45, 7) is 8.51. The van der Waals surface area contributed by atoms with Crippen molar-refractivity contribution in [3.05, 3.63) is 0 Å². The van der Waals surface area contributed by atoms with Crippen molar-refractivity contribution >= 4 is 0 Å². The van der Waals surface area contributed by atoms with Crippen LogP contribution in [0.25, 0.3) is 0 Å². The predicted octanol–water partition coefficient (Wildman–Crippen LogP) is 0.565. The van der Waals surface area contributed by atoms with Gasteiger partial charge >= 0.3 is 0 Å². The van der Waals surface area contributed by atoms with Gasteiger partial charge in [0.15, 0.2) is 0 Å². The fourth-order valence-electron chi connectivity index (χ4n) is 1.52. The fourth-order valence-corrected chi connectivity index (χ4v) is 1.52. The Morgan fingerprint density at radius 2 is 1.87 bits per heavy atom. The summed E-state index contributed by atoms with van der Waals surface area (Å²) in [5, 5.41) is 0. The number of nitrogens with two attached hydrogens (primary N) is 1. The van der Waals surface area contributed by atoms with E-state index in [1.807, 2.05) is 0 Å². The number of hydrogen-bond donors (Lipinski definition) is 1. The highest BCUT2D eigenvalue weighted by Gasteiger charge is 2.15. The molecule has 2 N–H and O–H groups in total. The summed E-state index contributed by atoms with van der Waals surface area (Å²) >= 11 is 0. The van der Waals surface area contributed by atoms with Crippen molar-refractivity contribution in [3.8, 4) is 0 Å². The molecule has 0 spiro atoms. The monoisotopic (exact) mass is 218 g/mol. The molecule has 0 aromatic rings. The number of methoxy groups -OCH3 is 2. The second-order valence-corrected chi connectivity index (χ2v) is 4.13. The maximum absolute atomic E-state index is 5.63. The summed E-state index contributed by atoms with van der Waals surface area (Å²) in [7, 11) is 3.46. The first-order valence-electron chi connectivity index (χ1n) is 5.57. The van der Waals surface area contributed by atoms with E-state index in [-0.39, 0.29) is 0 Å². The van der Waals surface area contributed by atoms with Crippen molar-refractivity contribution in [1.82, 2.24) is 4.90 Å². The van der Waals surface area contributed by atoms with Crippen molar-refractivity contribution in [2.45, 2.75) is 19.9 Å². The minimum absolute atomic E-state index is 0.416. The van der Waals surface area contributed by atoms with Crippen LogP contribution in [0.5, 0.6) is 0 Å². The molecule has 0 heterocycles. The molecule has 0 amide bonds. The van der Waals surface area contributed by atoms with Gasteiger partial charge in [0.05, 0.1) is 13.2 Å². The molecule has 0 aromatic carbocycles. The SMILES string of the molecule is COCCN(CC(C)CN)C(C)COC. The van der Waals surface area contributed by atoms with Gasteiger partial charge in [0.25, 0.3) is 0 Å². The van der Waals surface area contributed by atoms with Gasteiger partial charge in [0, 0.05) is 33.4 Å². The molecule has 0 aliphatic rings. The van der Waals surface area contributed by atoms with Crippen LogP contribution >= 0.6 is 0 Å². The first-order chi connectivity index (χ1) is 7.15. The van der Waals surface area contributed by atoms with E-state index in [0.29, 0.717) is 12.0 Å². The van der Waals surface area contributed by atoms with Crippen molar-refractivity contribution in [2.75, 3.05) is 47.1 Å². The van der Waals surface area contributed by atoms with Gasteiger partial charge in [-0.3, -0.25) is 4.90 Å². The highest BCUT2D eigenvalue weighted by atomic mass is 16.5. The molecule has 92 valence electrons. The number of ether oxygens (including phenoxy) is 2. The molecule has 2 unspecified atom stereocenters. The van der Waals surface area contributed by atoms with Crippen molar-refractivity contribution < 1.29 is 9.47 Å². The average Bonchev–Trinajstić information content (AvgIpc) is 2.24. The molecule has 0 saturated heterocycles. The Labute approximate surface area is 93.7 Å². The van der Waals surface area contributed by atoms with Gasteiger partial charge in [-0.2, -0.15) is 0 Å². The standard InChI is InChI=1S/C11H26N2O2/c1-10(7-12)8-13(5-6-14-3)11(2)9-15-4/h10-11H,5-9,12H2,1-4H3. The minimum atomic E-state index is 0.416. The van der Waals surface area contributed by atoms with Gasteiger partial charge in [0.1, 0.15) is 0 Å². The Hall–Kier alpha value is -0.160. The van der Waals surface area contributed by atoms with Gasteiger partial charge < -0.3 is 15.2 Å². The van der Waals surface area contributed by atoms with E-state index < -0.39 is 0 Å². The number of hydrogen-bond acceptors (Lipinski definition) is 4. The topological polar surface area (TPSA) is 47.7 Å². The zero-order chi connectivity index (χ0) is 11.7. The Balaban J connectivity index is 4.03. The Morgan fingerprint density at radius 1 is 1.20 bits per heavy atom. The molecule has 0 aliphatic heterocycles. The normalized spacial score (nSPS) is 15.6. The largest absolute Gasteiger partial charge is 0.383 e. The van der Waals surface area contributed by atoms with Crippen LogP contribution in [0, 0.1) is 5.92 Å². The molecule has 2 atom stereocenters. The summed E-state index contributed by atoms with van der Waals surface area (Å²) < 4.78 is 10.3. The zero-order valence-corrected chi connectivity index (χ0v) is 10.5. The molecule has 4 heteroatoms. The van der Waals surface area contributed by atoms with Gasteiger partial charge in [-0.15, -0.1) is 0 Å². The van der Waals surface area contributed by atoms with E-state index in [0.717, 1.165) is 32.8 Å². The lowest BCUT2D eigenvalue weighted by Gasteiger charge is -2.30. The zero-order valence-electron chi connectivity index (χ0n) is 10.5. The van der Waals surface area contributed by atoms with Crippen LogP contribution in [-0.4, -0.2) is 58.0 Å². The van der Waals surface area contributed by atoms with Gasteiger partial charge in [-0.25, -0.2) is 0 Å². The lowest BCUT2D eigenvalue weighted by atomic mass is 10.1. The quantitative estimate of drug-likeness (QED) is 0.614. The maximum atomic E-state index is 5.63. The minimum Gasteiger partial charge on any atom is -0.383 e. The molecule has 0 aromatic heterocycles. The Kier molecular flexibility index (Phi) is 9.00. The summed E-state index contributed by atoms with van der Waals surface area (Å²) in [6, 6.07) is 0.416. The van der Waals surface area contributed by atoms with Crippen molar-refractivity contribution in [3.63, 3.8) is 0 Å². The van der Waals surface area contributed by atoms with Crippen LogP contribution in [0.1, 0.15) is 13.8 Å². The van der Waals surface area contributed by atoms with Crippen molar-refractivity contribution in [1.29, 1.82) is 0 Å². The molecular formula is C11H26N2O2. The average molecular weight is 218 g/mol. The van der Waals surface area contributed by atoms with Crippen LogP contribution in [0.2, 0.25) is 0 Å². The van der Waals surface area contributed by atoms with E-state index in [4.69, 9.17) is 15.2 Å². The highest BCUT2D eigenvalue weighted by Crippen LogP contribution is 2.04.